The predicted molar refractivity (Wildman–Crippen MR) is 127 cm³/mol. The van der Waals surface area contributed by atoms with E-state index in [1.165, 1.54) is 4.68 Å². The first-order valence-corrected chi connectivity index (χ1v) is 10.8. The van der Waals surface area contributed by atoms with Crippen LogP contribution in [0.15, 0.2) is 53.3 Å². The van der Waals surface area contributed by atoms with Crippen molar-refractivity contribution in [3.63, 3.8) is 0 Å². The van der Waals surface area contributed by atoms with Gasteiger partial charge in [0.05, 0.1) is 22.5 Å². The molecule has 2 aromatic carbocycles. The minimum Gasteiger partial charge on any atom is -0.324 e. The van der Waals surface area contributed by atoms with Crippen LogP contribution in [0.4, 0.5) is 5.69 Å². The number of halogens is 1. The molecule has 1 N–H and O–H groups in total. The fourth-order valence-electron chi connectivity index (χ4n) is 3.87. The van der Waals surface area contributed by atoms with E-state index in [1.54, 1.807) is 29.8 Å². The molecule has 0 bridgehead atoms. The van der Waals surface area contributed by atoms with E-state index < -0.39 is 6.04 Å². The number of carbonyl (C=O) groups is 1. The molecule has 0 spiro atoms. The number of hydrogen-bond acceptors (Lipinski definition) is 4. The Kier molecular flexibility index (Phi) is 5.84. The lowest BCUT2D eigenvalue weighted by atomic mass is 10.1. The highest BCUT2D eigenvalue weighted by Gasteiger charge is 2.25. The molecule has 0 aliphatic heterocycles. The molecule has 0 saturated carbocycles. The monoisotopic (exact) mass is 449 g/mol. The molecule has 0 aliphatic carbocycles. The Balaban J connectivity index is 1.79. The first kappa shape index (κ1) is 21.8. The second-order valence-corrected chi connectivity index (χ2v) is 8.20. The smallest absolute Gasteiger partial charge is 0.278 e. The molecular weight excluding hydrogens is 426 g/mol. The number of aromatic nitrogens is 4. The van der Waals surface area contributed by atoms with Crippen LogP contribution in [-0.2, 0) is 4.79 Å². The molecule has 0 aliphatic rings. The van der Waals surface area contributed by atoms with Crippen molar-refractivity contribution in [2.45, 2.75) is 40.2 Å². The van der Waals surface area contributed by atoms with Crippen LogP contribution in [0.25, 0.3) is 16.6 Å². The van der Waals surface area contributed by atoms with Crippen molar-refractivity contribution in [2.75, 3.05) is 5.32 Å². The summed E-state index contributed by atoms with van der Waals surface area (Å²) in [7, 11) is 0. The Labute approximate surface area is 190 Å². The Bertz CT molecular complexity index is 1370. The maximum Gasteiger partial charge on any atom is 0.278 e. The third-order valence-corrected chi connectivity index (χ3v) is 5.81. The van der Waals surface area contributed by atoms with Crippen molar-refractivity contribution >= 4 is 34.1 Å². The summed E-state index contributed by atoms with van der Waals surface area (Å²) in [6, 6.07) is 14.1. The molecule has 2 heterocycles. The van der Waals surface area contributed by atoms with E-state index in [0.717, 1.165) is 11.3 Å². The largest absolute Gasteiger partial charge is 0.324 e. The van der Waals surface area contributed by atoms with Crippen molar-refractivity contribution in [1.29, 1.82) is 0 Å². The molecule has 4 rings (SSSR count). The number of amides is 1. The minimum atomic E-state index is -0.764. The molecule has 8 heteroatoms. The highest BCUT2D eigenvalue weighted by atomic mass is 35.5. The highest BCUT2D eigenvalue weighted by molar-refractivity contribution is 6.30. The maximum atomic E-state index is 13.5. The fraction of sp³-hybridized carbons (Fsp3) is 0.250. The summed E-state index contributed by atoms with van der Waals surface area (Å²) >= 11 is 6.02. The van der Waals surface area contributed by atoms with Crippen LogP contribution in [0, 0.1) is 20.8 Å². The zero-order valence-electron chi connectivity index (χ0n) is 18.4. The van der Waals surface area contributed by atoms with E-state index in [0.29, 0.717) is 39.4 Å². The van der Waals surface area contributed by atoms with Gasteiger partial charge in [0.1, 0.15) is 11.6 Å². The van der Waals surface area contributed by atoms with Crippen LogP contribution in [0.2, 0.25) is 5.02 Å². The fourth-order valence-corrected chi connectivity index (χ4v) is 4.09. The average molecular weight is 450 g/mol. The number of para-hydroxylation sites is 1. The van der Waals surface area contributed by atoms with Crippen molar-refractivity contribution in [2.24, 2.45) is 0 Å². The Hall–Kier alpha value is -3.45. The number of carbonyl (C=O) groups excluding carboxylic acids is 1. The van der Waals surface area contributed by atoms with Gasteiger partial charge in [0, 0.05) is 10.7 Å². The predicted octanol–water partition coefficient (Wildman–Crippen LogP) is 4.75. The van der Waals surface area contributed by atoms with Crippen LogP contribution in [0.1, 0.15) is 36.3 Å². The summed E-state index contributed by atoms with van der Waals surface area (Å²) in [4.78, 5) is 26.6. The van der Waals surface area contributed by atoms with Crippen molar-refractivity contribution in [3.8, 4) is 5.69 Å². The van der Waals surface area contributed by atoms with Gasteiger partial charge in [-0.3, -0.25) is 9.59 Å². The molecular formula is C24H24ClN5O2. The van der Waals surface area contributed by atoms with Crippen molar-refractivity contribution in [1.82, 2.24) is 19.6 Å². The van der Waals surface area contributed by atoms with Gasteiger partial charge in [0.15, 0.2) is 0 Å². The van der Waals surface area contributed by atoms with Gasteiger partial charge in [-0.15, -0.1) is 0 Å². The average Bonchev–Trinajstić information content (AvgIpc) is 3.13. The molecule has 164 valence electrons. The van der Waals surface area contributed by atoms with Crippen LogP contribution in [0.5, 0.6) is 0 Å². The summed E-state index contributed by atoms with van der Waals surface area (Å²) in [5.41, 5.74) is 3.85. The van der Waals surface area contributed by atoms with Crippen LogP contribution >= 0.6 is 11.6 Å². The molecule has 1 unspecified atom stereocenters. The zero-order valence-corrected chi connectivity index (χ0v) is 19.1. The SMILES string of the molecule is CCC(C(=O)Nc1ccc(Cl)cc1C)n1nc(C)c2nn(-c3ccccc3)c(C)c2c1=O. The summed E-state index contributed by atoms with van der Waals surface area (Å²) in [5, 5.41) is 13.1. The van der Waals surface area contributed by atoms with Crippen molar-refractivity contribution in [3.05, 3.63) is 80.9 Å². The Morgan fingerprint density at radius 2 is 1.81 bits per heavy atom. The lowest BCUT2D eigenvalue weighted by Gasteiger charge is -2.18. The standard InChI is InChI=1S/C24H24ClN5O2/c1-5-20(23(31)26-19-12-11-17(25)13-14(19)2)30-24(32)21-16(4)29(18-9-7-6-8-10-18)28-22(21)15(3)27-30/h6-13,20H,5H2,1-4H3,(H,26,31). The van der Waals surface area contributed by atoms with E-state index in [2.05, 4.69) is 15.5 Å². The molecule has 32 heavy (non-hydrogen) atoms. The summed E-state index contributed by atoms with van der Waals surface area (Å²) < 4.78 is 3.02. The van der Waals surface area contributed by atoms with Gasteiger partial charge in [0.25, 0.3) is 5.56 Å². The number of nitrogens with zero attached hydrogens (tertiary/aromatic N) is 4. The van der Waals surface area contributed by atoms with E-state index in [4.69, 9.17) is 11.6 Å². The first-order valence-electron chi connectivity index (χ1n) is 10.4. The van der Waals surface area contributed by atoms with Crippen molar-refractivity contribution < 1.29 is 4.79 Å². The topological polar surface area (TPSA) is 81.8 Å². The minimum absolute atomic E-state index is 0.306. The third kappa shape index (κ3) is 3.80. The molecule has 1 amide bonds. The van der Waals surface area contributed by atoms with E-state index in [-0.39, 0.29) is 11.5 Å². The molecule has 1 atom stereocenters. The van der Waals surface area contributed by atoms with Crippen LogP contribution in [-0.4, -0.2) is 25.5 Å². The number of rotatable bonds is 5. The van der Waals surface area contributed by atoms with E-state index in [9.17, 15) is 9.59 Å². The summed E-state index contributed by atoms with van der Waals surface area (Å²) in [5.74, 6) is -0.306. The number of fused-ring (bicyclic) bond motifs is 1. The summed E-state index contributed by atoms with van der Waals surface area (Å²) in [6.07, 6.45) is 0.405. The molecule has 7 nitrogen and oxygen atoms in total. The number of anilines is 1. The quantitative estimate of drug-likeness (QED) is 0.476. The summed E-state index contributed by atoms with van der Waals surface area (Å²) in [6.45, 7) is 7.37. The molecule has 0 saturated heterocycles. The van der Waals surface area contributed by atoms with Gasteiger partial charge in [-0.1, -0.05) is 36.7 Å². The van der Waals surface area contributed by atoms with Gasteiger partial charge >= 0.3 is 0 Å². The zero-order chi connectivity index (χ0) is 23.0. The molecule has 2 aromatic heterocycles. The third-order valence-electron chi connectivity index (χ3n) is 5.57. The Morgan fingerprint density at radius 3 is 2.47 bits per heavy atom. The van der Waals surface area contributed by atoms with Crippen LogP contribution < -0.4 is 10.9 Å². The number of nitrogens with one attached hydrogen (secondary N) is 1. The van der Waals surface area contributed by atoms with Gasteiger partial charge in [-0.2, -0.15) is 10.2 Å². The van der Waals surface area contributed by atoms with Crippen LogP contribution in [0.3, 0.4) is 0 Å². The Morgan fingerprint density at radius 1 is 1.09 bits per heavy atom. The second kappa shape index (κ2) is 8.59. The number of hydrogen-bond donors (Lipinski definition) is 1. The van der Waals surface area contributed by atoms with E-state index >= 15 is 0 Å². The van der Waals surface area contributed by atoms with Gasteiger partial charge in [-0.05, 0) is 63.1 Å². The van der Waals surface area contributed by atoms with E-state index in [1.807, 2.05) is 51.1 Å². The number of aryl methyl sites for hydroxylation is 3. The van der Waals surface area contributed by atoms with Gasteiger partial charge < -0.3 is 5.32 Å². The maximum absolute atomic E-state index is 13.5. The molecule has 0 fully saturated rings. The number of benzene rings is 2. The highest BCUT2D eigenvalue weighted by Crippen LogP contribution is 2.23. The van der Waals surface area contributed by atoms with Gasteiger partial charge in [-0.25, -0.2) is 9.36 Å². The second-order valence-electron chi connectivity index (χ2n) is 7.76. The molecule has 0 radical (unpaired) electrons. The molecule has 4 aromatic rings. The first-order chi connectivity index (χ1) is 15.3. The lowest BCUT2D eigenvalue weighted by Crippen LogP contribution is -2.35. The lowest BCUT2D eigenvalue weighted by molar-refractivity contribution is -0.119. The van der Waals surface area contributed by atoms with Gasteiger partial charge in [0.2, 0.25) is 5.91 Å². The normalized spacial score (nSPS) is 12.2.